The number of benzene rings is 1. The minimum atomic E-state index is -0.768. The third kappa shape index (κ3) is 4.46. The molecule has 3 aromatic heterocycles. The van der Waals surface area contributed by atoms with E-state index in [4.69, 9.17) is 9.15 Å². The molecule has 0 radical (unpaired) electrons. The summed E-state index contributed by atoms with van der Waals surface area (Å²) in [5, 5.41) is 18.6. The number of anilines is 2. The number of aromatic nitrogens is 4. The van der Waals surface area contributed by atoms with Crippen LogP contribution in [0.2, 0.25) is 0 Å². The lowest BCUT2D eigenvalue weighted by molar-refractivity contribution is 0.0991. The molecule has 1 amide bonds. The van der Waals surface area contributed by atoms with E-state index in [9.17, 15) is 9.59 Å². The highest BCUT2D eigenvalue weighted by Gasteiger charge is 2.19. The topological polar surface area (TPSA) is 124 Å². The number of carbonyl (C=O) groups excluding carboxylic acids is 1. The van der Waals surface area contributed by atoms with Crippen LogP contribution in [-0.2, 0) is 6.54 Å². The quantitative estimate of drug-likeness (QED) is 0.451. The molecule has 1 aromatic carbocycles. The summed E-state index contributed by atoms with van der Waals surface area (Å²) in [5.74, 6) is -0.837. The third-order valence-corrected chi connectivity index (χ3v) is 5.12. The number of hydrogen-bond acceptors (Lipinski definition) is 9. The maximum atomic E-state index is 12.7. The van der Waals surface area contributed by atoms with Gasteiger partial charge >= 0.3 is 5.63 Å². The second-order valence-electron chi connectivity index (χ2n) is 6.41. The lowest BCUT2D eigenvalue weighted by Crippen LogP contribution is -2.17. The van der Waals surface area contributed by atoms with Gasteiger partial charge in [0.05, 0.1) is 12.8 Å². The van der Waals surface area contributed by atoms with Gasteiger partial charge in [0.2, 0.25) is 16.0 Å². The average molecular weight is 438 g/mol. The molecule has 4 rings (SSSR count). The summed E-state index contributed by atoms with van der Waals surface area (Å²) in [6.45, 7) is 2.31. The molecule has 11 heteroatoms. The Kier molecular flexibility index (Phi) is 5.76. The molecule has 158 valence electrons. The zero-order chi connectivity index (χ0) is 21.8. The van der Waals surface area contributed by atoms with Crippen molar-refractivity contribution in [3.8, 4) is 10.9 Å². The van der Waals surface area contributed by atoms with Gasteiger partial charge in [-0.3, -0.25) is 10.1 Å². The van der Waals surface area contributed by atoms with Gasteiger partial charge < -0.3 is 14.5 Å². The first-order valence-corrected chi connectivity index (χ1v) is 10.0. The summed E-state index contributed by atoms with van der Waals surface area (Å²) in [5.41, 5.74) is 1.46. The fraction of sp³-hybridized carbons (Fsp3) is 0.150. The van der Waals surface area contributed by atoms with Gasteiger partial charge in [-0.1, -0.05) is 41.7 Å². The maximum Gasteiger partial charge on any atom is 0.381 e. The van der Waals surface area contributed by atoms with Crippen LogP contribution in [0.25, 0.3) is 5.13 Å². The van der Waals surface area contributed by atoms with E-state index < -0.39 is 11.5 Å². The van der Waals surface area contributed by atoms with Crippen LogP contribution in [0.1, 0.15) is 21.8 Å². The number of hydrogen-bond donors (Lipinski definition) is 2. The van der Waals surface area contributed by atoms with E-state index in [2.05, 4.69) is 25.9 Å². The Morgan fingerprint density at radius 2 is 2.03 bits per heavy atom. The van der Waals surface area contributed by atoms with Crippen molar-refractivity contribution in [2.45, 2.75) is 13.5 Å². The number of rotatable bonds is 7. The molecule has 0 saturated carbocycles. The van der Waals surface area contributed by atoms with E-state index in [0.717, 1.165) is 22.6 Å². The van der Waals surface area contributed by atoms with Crippen LogP contribution in [0.5, 0.6) is 5.75 Å². The Bertz CT molecular complexity index is 1260. The Morgan fingerprint density at radius 3 is 2.74 bits per heavy atom. The van der Waals surface area contributed by atoms with E-state index in [-0.39, 0.29) is 16.6 Å². The molecule has 0 unspecified atom stereocenters. The molecule has 0 spiro atoms. The predicted molar refractivity (Wildman–Crippen MR) is 115 cm³/mol. The largest absolute Gasteiger partial charge is 0.488 e. The van der Waals surface area contributed by atoms with Crippen molar-refractivity contribution in [3.05, 3.63) is 76.1 Å². The van der Waals surface area contributed by atoms with Crippen molar-refractivity contribution < 1.29 is 13.9 Å². The van der Waals surface area contributed by atoms with Crippen LogP contribution in [0.15, 0.2) is 57.9 Å². The molecule has 31 heavy (non-hydrogen) atoms. The van der Waals surface area contributed by atoms with Crippen LogP contribution < -0.4 is 21.0 Å². The first-order chi connectivity index (χ1) is 15.0. The maximum absolute atomic E-state index is 12.7. The smallest absolute Gasteiger partial charge is 0.381 e. The van der Waals surface area contributed by atoms with Crippen LogP contribution in [-0.4, -0.2) is 33.0 Å². The Labute approximate surface area is 180 Å². The molecule has 0 bridgehead atoms. The standard InChI is InChI=1S/C20H18N6O4S/c1-12-8-9-22-26(12)20-25-24-19(31-20)23-17(27)15-10-14(16(29-2)18(28)30-15)21-11-13-6-4-3-5-7-13/h3-10,21H,11H2,1-2H3,(H,23,24,27). The molecule has 4 aromatic rings. The summed E-state index contributed by atoms with van der Waals surface area (Å²) in [7, 11) is 1.36. The number of methoxy groups -OCH3 is 1. The van der Waals surface area contributed by atoms with Crippen LogP contribution in [0.4, 0.5) is 10.8 Å². The molecule has 0 aliphatic heterocycles. The molecule has 2 N–H and O–H groups in total. The fourth-order valence-electron chi connectivity index (χ4n) is 2.79. The highest BCUT2D eigenvalue weighted by Crippen LogP contribution is 2.24. The molecule has 10 nitrogen and oxygen atoms in total. The second-order valence-corrected chi connectivity index (χ2v) is 7.37. The summed E-state index contributed by atoms with van der Waals surface area (Å²) in [6, 6.07) is 12.9. The Hall–Kier alpha value is -3.99. The number of ether oxygens (including phenoxy) is 1. The molecule has 0 aliphatic rings. The summed E-state index contributed by atoms with van der Waals surface area (Å²) in [4.78, 5) is 25.0. The highest BCUT2D eigenvalue weighted by molar-refractivity contribution is 7.17. The lowest BCUT2D eigenvalue weighted by atomic mass is 10.2. The molecule has 0 fully saturated rings. The first kappa shape index (κ1) is 20.3. The van der Waals surface area contributed by atoms with Gasteiger partial charge in [0.15, 0.2) is 5.76 Å². The molecule has 0 aliphatic carbocycles. The van der Waals surface area contributed by atoms with Gasteiger partial charge in [0, 0.05) is 24.5 Å². The number of aryl methyl sites for hydroxylation is 1. The van der Waals surface area contributed by atoms with Crippen molar-refractivity contribution in [1.29, 1.82) is 0 Å². The minimum Gasteiger partial charge on any atom is -0.488 e. The van der Waals surface area contributed by atoms with E-state index in [0.29, 0.717) is 17.4 Å². The van der Waals surface area contributed by atoms with Crippen molar-refractivity contribution in [3.63, 3.8) is 0 Å². The normalized spacial score (nSPS) is 10.6. The summed E-state index contributed by atoms with van der Waals surface area (Å²) in [6.07, 6.45) is 1.64. The van der Waals surface area contributed by atoms with E-state index in [1.807, 2.05) is 43.3 Å². The Morgan fingerprint density at radius 1 is 1.23 bits per heavy atom. The Balaban J connectivity index is 1.54. The first-order valence-electron chi connectivity index (χ1n) is 9.21. The monoisotopic (exact) mass is 438 g/mol. The predicted octanol–water partition coefficient (Wildman–Crippen LogP) is 2.86. The fourth-order valence-corrected chi connectivity index (χ4v) is 3.55. The SMILES string of the molecule is COc1c(NCc2ccccc2)cc(C(=O)Nc2nnc(-n3nccc3C)s2)oc1=O. The molecule has 3 heterocycles. The molecular weight excluding hydrogens is 420 g/mol. The van der Waals surface area contributed by atoms with Gasteiger partial charge in [-0.2, -0.15) is 5.10 Å². The van der Waals surface area contributed by atoms with Gasteiger partial charge in [-0.15, -0.1) is 10.2 Å². The van der Waals surface area contributed by atoms with E-state index >= 15 is 0 Å². The van der Waals surface area contributed by atoms with Crippen molar-refractivity contribution >= 4 is 28.1 Å². The third-order valence-electron chi connectivity index (χ3n) is 4.31. The highest BCUT2D eigenvalue weighted by atomic mass is 32.1. The minimum absolute atomic E-state index is 0.0140. The molecule has 0 saturated heterocycles. The number of carbonyl (C=O) groups is 1. The van der Waals surface area contributed by atoms with Gasteiger partial charge in [-0.05, 0) is 18.6 Å². The molecule has 0 atom stereocenters. The summed E-state index contributed by atoms with van der Waals surface area (Å²) >= 11 is 1.14. The number of amides is 1. The number of nitrogens with zero attached hydrogens (tertiary/aromatic N) is 4. The van der Waals surface area contributed by atoms with Crippen molar-refractivity contribution in [1.82, 2.24) is 20.0 Å². The van der Waals surface area contributed by atoms with E-state index in [1.165, 1.54) is 13.2 Å². The zero-order valence-electron chi connectivity index (χ0n) is 16.7. The molecular formula is C20H18N6O4S. The van der Waals surface area contributed by atoms with Gasteiger partial charge in [-0.25, -0.2) is 9.48 Å². The average Bonchev–Trinajstić information content (AvgIpc) is 3.41. The van der Waals surface area contributed by atoms with Crippen LogP contribution in [0.3, 0.4) is 0 Å². The second kappa shape index (κ2) is 8.79. The zero-order valence-corrected chi connectivity index (χ0v) is 17.5. The lowest BCUT2D eigenvalue weighted by Gasteiger charge is -2.11. The van der Waals surface area contributed by atoms with Gasteiger partial charge in [0.1, 0.15) is 0 Å². The van der Waals surface area contributed by atoms with Crippen molar-refractivity contribution in [2.24, 2.45) is 0 Å². The van der Waals surface area contributed by atoms with Gasteiger partial charge in [0.25, 0.3) is 5.91 Å². The van der Waals surface area contributed by atoms with Crippen LogP contribution >= 0.6 is 11.3 Å². The number of nitrogens with one attached hydrogen (secondary N) is 2. The van der Waals surface area contributed by atoms with Crippen LogP contribution in [0, 0.1) is 6.92 Å². The van der Waals surface area contributed by atoms with Crippen molar-refractivity contribution in [2.75, 3.05) is 17.7 Å². The summed E-state index contributed by atoms with van der Waals surface area (Å²) < 4.78 is 11.9. The van der Waals surface area contributed by atoms with E-state index in [1.54, 1.807) is 10.9 Å².